The lowest BCUT2D eigenvalue weighted by molar-refractivity contribution is -0.113. The molecule has 3 aromatic rings. The summed E-state index contributed by atoms with van der Waals surface area (Å²) in [5.41, 5.74) is 3.89. The van der Waals surface area contributed by atoms with Crippen LogP contribution in [0.1, 0.15) is 57.7 Å². The number of carbonyl (C=O) groups excluding carboxylic acids is 1. The van der Waals surface area contributed by atoms with Crippen molar-refractivity contribution >= 4 is 45.2 Å². The van der Waals surface area contributed by atoms with Crippen LogP contribution >= 0.6 is 27.7 Å². The maximum absolute atomic E-state index is 13.8. The number of nitrogens with one attached hydrogen (secondary N) is 2. The van der Waals surface area contributed by atoms with E-state index in [1.165, 1.54) is 0 Å². The maximum atomic E-state index is 13.8. The number of hydrogen-bond acceptors (Lipinski definition) is 7. The van der Waals surface area contributed by atoms with E-state index in [0.29, 0.717) is 47.1 Å². The summed E-state index contributed by atoms with van der Waals surface area (Å²) < 4.78 is 14.5. The minimum Gasteiger partial charge on any atom is -0.490 e. The number of amides is 1. The van der Waals surface area contributed by atoms with Crippen LogP contribution in [0.2, 0.25) is 0 Å². The topological polar surface area (TPSA) is 90.3 Å². The minimum absolute atomic E-state index is 0.213. The first kappa shape index (κ1) is 28.0. The van der Waals surface area contributed by atoms with Gasteiger partial charge in [0.1, 0.15) is 6.04 Å². The van der Waals surface area contributed by atoms with Crippen LogP contribution < -0.4 is 20.1 Å². The van der Waals surface area contributed by atoms with E-state index in [1.54, 1.807) is 16.4 Å². The summed E-state index contributed by atoms with van der Waals surface area (Å²) in [4.78, 5) is 18.5. The van der Waals surface area contributed by atoms with Crippen LogP contribution in [0.5, 0.6) is 11.5 Å². The van der Waals surface area contributed by atoms with Gasteiger partial charge in [0.25, 0.3) is 5.91 Å². The number of thioether (sulfide) groups is 1. The van der Waals surface area contributed by atoms with Crippen molar-refractivity contribution in [2.75, 3.05) is 29.6 Å². The van der Waals surface area contributed by atoms with Gasteiger partial charge < -0.3 is 20.1 Å². The standard InChI is InChI=1S/C28H34BrN5O3S/c1-6-12-37-25-21(29)15-19(16-22(25)36-8-3)24-23(26(35)31-20-11-9-10-17(4)14-20)18(5)30-27-32-28(33-34(24)27)38-13-7-2/h9-11,14-16,24H,6-8,12-13H2,1-5H3,(H,31,35)(H,30,32,33). The van der Waals surface area contributed by atoms with Gasteiger partial charge in [0, 0.05) is 17.1 Å². The zero-order valence-corrected chi connectivity index (χ0v) is 24.8. The van der Waals surface area contributed by atoms with Crippen molar-refractivity contribution in [1.29, 1.82) is 0 Å². The molecule has 0 bridgehead atoms. The molecule has 0 saturated carbocycles. The third-order valence-corrected chi connectivity index (χ3v) is 7.52. The number of hydrogen-bond donors (Lipinski definition) is 2. The normalized spacial score (nSPS) is 14.6. The van der Waals surface area contributed by atoms with E-state index in [0.717, 1.165) is 39.9 Å². The number of allylic oxidation sites excluding steroid dienone is 1. The second kappa shape index (κ2) is 12.7. The monoisotopic (exact) mass is 599 g/mol. The van der Waals surface area contributed by atoms with Gasteiger partial charge in [0.15, 0.2) is 11.5 Å². The molecule has 1 atom stereocenters. The Hall–Kier alpha value is -2.98. The lowest BCUT2D eigenvalue weighted by atomic mass is 9.94. The molecule has 1 aliphatic rings. The molecule has 202 valence electrons. The number of aromatic nitrogens is 3. The van der Waals surface area contributed by atoms with Gasteiger partial charge in [0.05, 0.1) is 23.3 Å². The second-order valence-corrected chi connectivity index (χ2v) is 10.9. The zero-order valence-electron chi connectivity index (χ0n) is 22.4. The van der Waals surface area contributed by atoms with E-state index in [9.17, 15) is 4.79 Å². The highest BCUT2D eigenvalue weighted by molar-refractivity contribution is 9.10. The Morgan fingerprint density at radius 2 is 1.97 bits per heavy atom. The van der Waals surface area contributed by atoms with Crippen molar-refractivity contribution in [3.05, 3.63) is 63.3 Å². The number of nitrogens with zero attached hydrogens (tertiary/aromatic N) is 3. The van der Waals surface area contributed by atoms with Crippen LogP contribution in [0.4, 0.5) is 11.6 Å². The molecule has 38 heavy (non-hydrogen) atoms. The van der Waals surface area contributed by atoms with Crippen molar-refractivity contribution < 1.29 is 14.3 Å². The average molecular weight is 601 g/mol. The fourth-order valence-corrected chi connectivity index (χ4v) is 5.52. The van der Waals surface area contributed by atoms with E-state index >= 15 is 0 Å². The van der Waals surface area contributed by atoms with Gasteiger partial charge in [0.2, 0.25) is 11.1 Å². The molecule has 2 aromatic carbocycles. The van der Waals surface area contributed by atoms with E-state index in [-0.39, 0.29) is 5.91 Å². The number of anilines is 2. The summed E-state index contributed by atoms with van der Waals surface area (Å²) in [6, 6.07) is 11.1. The Kier molecular flexibility index (Phi) is 9.38. The van der Waals surface area contributed by atoms with Gasteiger partial charge in [-0.3, -0.25) is 4.79 Å². The van der Waals surface area contributed by atoms with Crippen molar-refractivity contribution in [2.24, 2.45) is 0 Å². The van der Waals surface area contributed by atoms with Crippen LogP contribution in [0.25, 0.3) is 0 Å². The molecular weight excluding hydrogens is 566 g/mol. The minimum atomic E-state index is -0.532. The Morgan fingerprint density at radius 3 is 2.68 bits per heavy atom. The highest BCUT2D eigenvalue weighted by Crippen LogP contribution is 2.43. The highest BCUT2D eigenvalue weighted by Gasteiger charge is 2.35. The first-order valence-electron chi connectivity index (χ1n) is 12.9. The third-order valence-electron chi connectivity index (χ3n) is 5.89. The number of rotatable bonds is 11. The quantitative estimate of drug-likeness (QED) is 0.230. The lowest BCUT2D eigenvalue weighted by Gasteiger charge is -2.29. The van der Waals surface area contributed by atoms with Crippen LogP contribution in [0, 0.1) is 6.92 Å². The van der Waals surface area contributed by atoms with Crippen molar-refractivity contribution in [3.8, 4) is 11.5 Å². The van der Waals surface area contributed by atoms with Crippen LogP contribution in [0.15, 0.2) is 57.3 Å². The van der Waals surface area contributed by atoms with Gasteiger partial charge in [-0.1, -0.05) is 37.7 Å². The van der Waals surface area contributed by atoms with E-state index in [4.69, 9.17) is 19.6 Å². The van der Waals surface area contributed by atoms with Gasteiger partial charge in [-0.15, -0.1) is 5.10 Å². The van der Waals surface area contributed by atoms with Crippen LogP contribution in [0.3, 0.4) is 0 Å². The fraction of sp³-hybridized carbons (Fsp3) is 0.393. The zero-order chi connectivity index (χ0) is 27.2. The SMILES string of the molecule is CCCOc1c(Br)cc(C2C(C(=O)Nc3cccc(C)c3)=C(C)Nc3nc(SCCC)nn32)cc1OCC. The Bertz CT molecular complexity index is 1340. The van der Waals surface area contributed by atoms with Crippen molar-refractivity contribution in [1.82, 2.24) is 14.8 Å². The number of ether oxygens (including phenoxy) is 2. The smallest absolute Gasteiger partial charge is 0.255 e. The maximum Gasteiger partial charge on any atom is 0.255 e. The molecule has 2 N–H and O–H groups in total. The summed E-state index contributed by atoms with van der Waals surface area (Å²) in [5.74, 6) is 2.55. The molecule has 2 heterocycles. The van der Waals surface area contributed by atoms with E-state index in [2.05, 4.69) is 40.4 Å². The lowest BCUT2D eigenvalue weighted by Crippen LogP contribution is -2.31. The molecule has 0 aliphatic carbocycles. The summed E-state index contributed by atoms with van der Waals surface area (Å²) in [7, 11) is 0. The molecule has 1 unspecified atom stereocenters. The molecule has 0 spiro atoms. The molecule has 1 amide bonds. The predicted octanol–water partition coefficient (Wildman–Crippen LogP) is 6.97. The number of halogens is 1. The van der Waals surface area contributed by atoms with Gasteiger partial charge in [-0.2, -0.15) is 4.98 Å². The van der Waals surface area contributed by atoms with Crippen molar-refractivity contribution in [3.63, 3.8) is 0 Å². The molecule has 0 radical (unpaired) electrons. The average Bonchev–Trinajstić information content (AvgIpc) is 3.28. The Morgan fingerprint density at radius 1 is 1.16 bits per heavy atom. The Labute approximate surface area is 236 Å². The summed E-state index contributed by atoms with van der Waals surface area (Å²) >= 11 is 5.29. The van der Waals surface area contributed by atoms with Crippen LogP contribution in [-0.4, -0.2) is 39.6 Å². The number of carbonyl (C=O) groups is 1. The summed E-state index contributed by atoms with van der Waals surface area (Å²) in [5, 5.41) is 11.9. The summed E-state index contributed by atoms with van der Waals surface area (Å²) in [6.07, 6.45) is 1.89. The molecule has 0 saturated heterocycles. The highest BCUT2D eigenvalue weighted by atomic mass is 79.9. The fourth-order valence-electron chi connectivity index (χ4n) is 4.26. The van der Waals surface area contributed by atoms with Crippen LogP contribution in [-0.2, 0) is 4.79 Å². The first-order valence-corrected chi connectivity index (χ1v) is 14.7. The van der Waals surface area contributed by atoms with Gasteiger partial charge in [-0.25, -0.2) is 4.68 Å². The van der Waals surface area contributed by atoms with E-state index < -0.39 is 6.04 Å². The Balaban J connectivity index is 1.83. The first-order chi connectivity index (χ1) is 18.4. The van der Waals surface area contributed by atoms with E-state index in [1.807, 2.05) is 57.2 Å². The largest absolute Gasteiger partial charge is 0.490 e. The molecule has 0 fully saturated rings. The summed E-state index contributed by atoms with van der Waals surface area (Å²) in [6.45, 7) is 11.1. The molecule has 1 aromatic heterocycles. The number of benzene rings is 2. The third kappa shape index (κ3) is 6.18. The molecule has 4 rings (SSSR count). The predicted molar refractivity (Wildman–Crippen MR) is 156 cm³/mol. The second-order valence-electron chi connectivity index (χ2n) is 9.01. The number of aryl methyl sites for hydroxylation is 1. The van der Waals surface area contributed by atoms with Crippen molar-refractivity contribution in [2.45, 2.75) is 58.7 Å². The molecular formula is C28H34BrN5O3S. The molecule has 10 heteroatoms. The van der Waals surface area contributed by atoms with Gasteiger partial charge in [-0.05, 0) is 84.9 Å². The molecule has 8 nitrogen and oxygen atoms in total. The number of fused-ring (bicyclic) bond motifs is 1. The van der Waals surface area contributed by atoms with Gasteiger partial charge >= 0.3 is 0 Å². The molecule has 1 aliphatic heterocycles.